The van der Waals surface area contributed by atoms with Crippen molar-refractivity contribution in [1.29, 1.82) is 5.26 Å². The fourth-order valence-electron chi connectivity index (χ4n) is 2.54. The molecule has 0 aliphatic rings. The van der Waals surface area contributed by atoms with E-state index in [2.05, 4.69) is 11.1 Å². The average Bonchev–Trinajstić information content (AvgIpc) is 3.26. The second-order valence-corrected chi connectivity index (χ2v) is 7.36. The summed E-state index contributed by atoms with van der Waals surface area (Å²) in [6.07, 6.45) is 1.69. The van der Waals surface area contributed by atoms with E-state index in [4.69, 9.17) is 27.6 Å². The Morgan fingerprint density at radius 3 is 2.73 bits per heavy atom. The molecule has 0 saturated heterocycles. The van der Waals surface area contributed by atoms with E-state index in [0.29, 0.717) is 32.1 Å². The van der Waals surface area contributed by atoms with Gasteiger partial charge < -0.3 is 4.42 Å². The van der Waals surface area contributed by atoms with Crippen molar-refractivity contribution in [2.24, 2.45) is 0 Å². The summed E-state index contributed by atoms with van der Waals surface area (Å²) in [5, 5.41) is 11.3. The van der Waals surface area contributed by atoms with Gasteiger partial charge in [-0.25, -0.2) is 4.98 Å². The normalized spacial score (nSPS) is 11.7. The molecule has 0 saturated carbocycles. The summed E-state index contributed by atoms with van der Waals surface area (Å²) in [7, 11) is 0. The lowest BCUT2D eigenvalue weighted by Crippen LogP contribution is -1.79. The number of hydrogen-bond acceptors (Lipinski definition) is 4. The van der Waals surface area contributed by atoms with Crippen LogP contribution < -0.4 is 0 Å². The standard InChI is InChI=1S/C20H10Cl2N2OS/c21-13-5-7-15(16(22)10-13)18-8-6-14(25-18)9-12(11-23)20-24-17-3-1-2-4-19(17)26-20/h1-10H/b12-9+. The van der Waals surface area contributed by atoms with Crippen LogP contribution in [0.3, 0.4) is 0 Å². The van der Waals surface area contributed by atoms with Crippen LogP contribution in [0.15, 0.2) is 59.0 Å². The Balaban J connectivity index is 1.71. The first-order chi connectivity index (χ1) is 12.6. The lowest BCUT2D eigenvalue weighted by Gasteiger charge is -2.00. The van der Waals surface area contributed by atoms with Crippen LogP contribution in [0.25, 0.3) is 33.2 Å². The molecule has 4 aromatic rings. The molecule has 0 fully saturated rings. The highest BCUT2D eigenvalue weighted by Crippen LogP contribution is 2.33. The van der Waals surface area contributed by atoms with E-state index in [1.54, 1.807) is 30.3 Å². The Morgan fingerprint density at radius 2 is 1.96 bits per heavy atom. The van der Waals surface area contributed by atoms with Gasteiger partial charge in [0.2, 0.25) is 0 Å². The molecule has 0 amide bonds. The van der Waals surface area contributed by atoms with Crippen LogP contribution in [-0.2, 0) is 0 Å². The van der Waals surface area contributed by atoms with Gasteiger partial charge in [-0.1, -0.05) is 35.3 Å². The minimum Gasteiger partial charge on any atom is -0.457 e. The van der Waals surface area contributed by atoms with Crippen LogP contribution in [0, 0.1) is 11.3 Å². The molecule has 0 bridgehead atoms. The van der Waals surface area contributed by atoms with Gasteiger partial charge in [-0.15, -0.1) is 11.3 Å². The second kappa shape index (κ2) is 6.97. The smallest absolute Gasteiger partial charge is 0.136 e. The molecule has 6 heteroatoms. The first-order valence-corrected chi connectivity index (χ1v) is 9.24. The number of nitrogens with zero attached hydrogens (tertiary/aromatic N) is 2. The van der Waals surface area contributed by atoms with Gasteiger partial charge in [-0.2, -0.15) is 5.26 Å². The maximum atomic E-state index is 9.54. The number of halogens is 2. The Bertz CT molecular complexity index is 1150. The SMILES string of the molecule is N#C/C(=C\c1ccc(-c2ccc(Cl)cc2Cl)o1)c1nc2ccccc2s1. The first-order valence-electron chi connectivity index (χ1n) is 7.67. The zero-order valence-electron chi connectivity index (χ0n) is 13.2. The fourth-order valence-corrected chi connectivity index (χ4v) is 3.97. The summed E-state index contributed by atoms with van der Waals surface area (Å²) in [5.41, 5.74) is 2.07. The third-order valence-corrected chi connectivity index (χ3v) is 5.37. The maximum absolute atomic E-state index is 9.54. The largest absolute Gasteiger partial charge is 0.457 e. The molecule has 126 valence electrons. The predicted octanol–water partition coefficient (Wildman–Crippen LogP) is 6.93. The van der Waals surface area contributed by atoms with Crippen LogP contribution in [0.4, 0.5) is 0 Å². The number of fused-ring (bicyclic) bond motifs is 1. The molecule has 2 aromatic heterocycles. The minimum atomic E-state index is 0.453. The highest BCUT2D eigenvalue weighted by molar-refractivity contribution is 7.19. The number of benzene rings is 2. The number of furan rings is 1. The van der Waals surface area contributed by atoms with Crippen molar-refractivity contribution in [1.82, 2.24) is 4.98 Å². The molecule has 0 aliphatic carbocycles. The Labute approximate surface area is 163 Å². The van der Waals surface area contributed by atoms with Gasteiger partial charge in [0, 0.05) is 16.7 Å². The zero-order valence-corrected chi connectivity index (χ0v) is 15.6. The Kier molecular flexibility index (Phi) is 4.52. The summed E-state index contributed by atoms with van der Waals surface area (Å²) >= 11 is 13.6. The quantitative estimate of drug-likeness (QED) is 0.352. The van der Waals surface area contributed by atoms with Gasteiger partial charge in [-0.05, 0) is 42.5 Å². The van der Waals surface area contributed by atoms with Crippen LogP contribution in [0.2, 0.25) is 10.0 Å². The van der Waals surface area contributed by atoms with E-state index < -0.39 is 0 Å². The maximum Gasteiger partial charge on any atom is 0.136 e. The molecular weight excluding hydrogens is 387 g/mol. The number of hydrogen-bond donors (Lipinski definition) is 0. The summed E-state index contributed by atoms with van der Waals surface area (Å²) < 4.78 is 6.88. The van der Waals surface area contributed by atoms with Crippen molar-refractivity contribution >= 4 is 56.4 Å². The van der Waals surface area contributed by atoms with Crippen molar-refractivity contribution < 1.29 is 4.42 Å². The van der Waals surface area contributed by atoms with E-state index >= 15 is 0 Å². The van der Waals surface area contributed by atoms with E-state index in [-0.39, 0.29) is 0 Å². The third-order valence-electron chi connectivity index (χ3n) is 3.75. The van der Waals surface area contributed by atoms with E-state index in [9.17, 15) is 5.26 Å². The summed E-state index contributed by atoms with van der Waals surface area (Å²) in [6, 6.07) is 18.8. The van der Waals surface area contributed by atoms with Crippen molar-refractivity contribution in [2.45, 2.75) is 0 Å². The highest BCUT2D eigenvalue weighted by Gasteiger charge is 2.12. The number of rotatable bonds is 3. The summed E-state index contributed by atoms with van der Waals surface area (Å²) in [5.74, 6) is 1.17. The molecule has 0 radical (unpaired) electrons. The zero-order chi connectivity index (χ0) is 18.1. The summed E-state index contributed by atoms with van der Waals surface area (Å²) in [6.45, 7) is 0. The van der Waals surface area contributed by atoms with E-state index in [0.717, 1.165) is 15.8 Å². The van der Waals surface area contributed by atoms with Crippen LogP contribution in [0.5, 0.6) is 0 Å². The monoisotopic (exact) mass is 396 g/mol. The molecule has 2 aromatic carbocycles. The molecule has 0 N–H and O–H groups in total. The molecule has 26 heavy (non-hydrogen) atoms. The Morgan fingerprint density at radius 1 is 1.12 bits per heavy atom. The number of para-hydroxylation sites is 1. The van der Waals surface area contributed by atoms with Crippen molar-refractivity contribution in [2.75, 3.05) is 0 Å². The molecule has 0 atom stereocenters. The van der Waals surface area contributed by atoms with Gasteiger partial charge >= 0.3 is 0 Å². The first kappa shape index (κ1) is 16.9. The lowest BCUT2D eigenvalue weighted by atomic mass is 10.2. The summed E-state index contributed by atoms with van der Waals surface area (Å²) in [4.78, 5) is 4.52. The van der Waals surface area contributed by atoms with Crippen molar-refractivity contribution in [3.8, 4) is 17.4 Å². The lowest BCUT2D eigenvalue weighted by molar-refractivity contribution is 0.572. The molecule has 0 aliphatic heterocycles. The number of allylic oxidation sites excluding steroid dienone is 1. The highest BCUT2D eigenvalue weighted by atomic mass is 35.5. The number of aromatic nitrogens is 1. The van der Waals surface area contributed by atoms with Gasteiger partial charge in [-0.3, -0.25) is 0 Å². The van der Waals surface area contributed by atoms with Crippen LogP contribution in [-0.4, -0.2) is 4.98 Å². The van der Waals surface area contributed by atoms with Crippen molar-refractivity contribution in [3.63, 3.8) is 0 Å². The molecule has 2 heterocycles. The third kappa shape index (κ3) is 3.25. The molecule has 3 nitrogen and oxygen atoms in total. The van der Waals surface area contributed by atoms with E-state index in [1.165, 1.54) is 11.3 Å². The van der Waals surface area contributed by atoms with Gasteiger partial charge in [0.15, 0.2) is 0 Å². The minimum absolute atomic E-state index is 0.453. The van der Waals surface area contributed by atoms with Gasteiger partial charge in [0.05, 0.1) is 20.8 Å². The molecular formula is C20H10Cl2N2OS. The van der Waals surface area contributed by atoms with E-state index in [1.807, 2.05) is 30.3 Å². The van der Waals surface area contributed by atoms with Crippen molar-refractivity contribution in [3.05, 3.63) is 75.4 Å². The molecule has 4 rings (SSSR count). The number of thiazole rings is 1. The topological polar surface area (TPSA) is 49.8 Å². The molecule has 0 unspecified atom stereocenters. The van der Waals surface area contributed by atoms with Crippen LogP contribution >= 0.6 is 34.5 Å². The molecule has 0 spiro atoms. The van der Waals surface area contributed by atoms with Gasteiger partial charge in [0.25, 0.3) is 0 Å². The fraction of sp³-hybridized carbons (Fsp3) is 0. The van der Waals surface area contributed by atoms with Gasteiger partial charge in [0.1, 0.15) is 22.6 Å². The predicted molar refractivity (Wildman–Crippen MR) is 107 cm³/mol. The second-order valence-electron chi connectivity index (χ2n) is 5.48. The van der Waals surface area contributed by atoms with Crippen LogP contribution in [0.1, 0.15) is 10.8 Å². The Hall–Kier alpha value is -2.58. The average molecular weight is 397 g/mol. The number of nitriles is 1.